The molecule has 4 nitrogen and oxygen atoms in total. The van der Waals surface area contributed by atoms with Crippen LogP contribution in [0.5, 0.6) is 11.5 Å². The SMILES string of the molecule is CC1(C)O[C@@H]2COc3cscc3OC[C@H]2O1. The molecule has 0 saturated carbocycles. The summed E-state index contributed by atoms with van der Waals surface area (Å²) in [5.41, 5.74) is 0. The summed E-state index contributed by atoms with van der Waals surface area (Å²) >= 11 is 1.57. The van der Waals surface area contributed by atoms with Crippen molar-refractivity contribution in [1.82, 2.24) is 0 Å². The van der Waals surface area contributed by atoms with Gasteiger partial charge in [-0.05, 0) is 13.8 Å². The maximum absolute atomic E-state index is 5.76. The van der Waals surface area contributed by atoms with Crippen molar-refractivity contribution >= 4 is 11.3 Å². The third-order valence-corrected chi connectivity index (χ3v) is 3.38. The van der Waals surface area contributed by atoms with Crippen LogP contribution in [0.3, 0.4) is 0 Å². The molecule has 0 radical (unpaired) electrons. The van der Waals surface area contributed by atoms with E-state index in [0.717, 1.165) is 11.5 Å². The highest BCUT2D eigenvalue weighted by atomic mass is 32.1. The molecule has 16 heavy (non-hydrogen) atoms. The second kappa shape index (κ2) is 3.61. The third-order valence-electron chi connectivity index (χ3n) is 2.68. The number of hydrogen-bond donors (Lipinski definition) is 0. The summed E-state index contributed by atoms with van der Waals surface area (Å²) < 4.78 is 22.8. The van der Waals surface area contributed by atoms with Gasteiger partial charge >= 0.3 is 0 Å². The van der Waals surface area contributed by atoms with Crippen LogP contribution in [0.15, 0.2) is 10.8 Å². The van der Waals surface area contributed by atoms with Crippen molar-refractivity contribution in [3.8, 4) is 11.5 Å². The van der Waals surface area contributed by atoms with Gasteiger partial charge in [-0.3, -0.25) is 0 Å². The lowest BCUT2D eigenvalue weighted by molar-refractivity contribution is -0.149. The molecule has 2 aliphatic rings. The lowest BCUT2D eigenvalue weighted by atomic mass is 10.2. The van der Waals surface area contributed by atoms with Gasteiger partial charge in [0.2, 0.25) is 0 Å². The fourth-order valence-corrected chi connectivity index (χ4v) is 2.70. The molecule has 2 aliphatic heterocycles. The van der Waals surface area contributed by atoms with Crippen LogP contribution in [0.2, 0.25) is 0 Å². The maximum atomic E-state index is 5.76. The van der Waals surface area contributed by atoms with Gasteiger partial charge in [0.15, 0.2) is 17.3 Å². The van der Waals surface area contributed by atoms with Gasteiger partial charge in [0, 0.05) is 10.8 Å². The van der Waals surface area contributed by atoms with Gasteiger partial charge in [0.1, 0.15) is 25.4 Å². The normalized spacial score (nSPS) is 31.6. The number of thiophene rings is 1. The van der Waals surface area contributed by atoms with Crippen molar-refractivity contribution in [3.05, 3.63) is 10.8 Å². The molecule has 5 heteroatoms. The maximum Gasteiger partial charge on any atom is 0.172 e. The van der Waals surface area contributed by atoms with E-state index in [1.165, 1.54) is 0 Å². The molecule has 1 aromatic rings. The van der Waals surface area contributed by atoms with Crippen molar-refractivity contribution < 1.29 is 18.9 Å². The summed E-state index contributed by atoms with van der Waals surface area (Å²) in [5.74, 6) is 1.06. The first-order valence-corrected chi connectivity index (χ1v) is 6.26. The van der Waals surface area contributed by atoms with Crippen LogP contribution in [-0.2, 0) is 9.47 Å². The summed E-state index contributed by atoms with van der Waals surface area (Å²) in [5, 5.41) is 3.88. The van der Waals surface area contributed by atoms with Gasteiger partial charge in [-0.2, -0.15) is 0 Å². The highest BCUT2D eigenvalue weighted by Gasteiger charge is 2.43. The summed E-state index contributed by atoms with van der Waals surface area (Å²) in [6.45, 7) is 4.85. The zero-order valence-corrected chi connectivity index (χ0v) is 10.1. The van der Waals surface area contributed by atoms with Gasteiger partial charge in [-0.15, -0.1) is 11.3 Å². The average Bonchev–Trinajstić information content (AvgIpc) is 2.73. The average molecular weight is 242 g/mol. The van der Waals surface area contributed by atoms with E-state index in [4.69, 9.17) is 18.9 Å². The van der Waals surface area contributed by atoms with Crippen molar-refractivity contribution in [2.24, 2.45) is 0 Å². The topological polar surface area (TPSA) is 36.9 Å². The van der Waals surface area contributed by atoms with Crippen LogP contribution >= 0.6 is 11.3 Å². The first kappa shape index (κ1) is 10.4. The van der Waals surface area contributed by atoms with Gasteiger partial charge in [-0.25, -0.2) is 0 Å². The van der Waals surface area contributed by atoms with Crippen LogP contribution in [-0.4, -0.2) is 31.2 Å². The van der Waals surface area contributed by atoms with Gasteiger partial charge in [0.25, 0.3) is 0 Å². The summed E-state index contributed by atoms with van der Waals surface area (Å²) in [4.78, 5) is 0. The fraction of sp³-hybridized carbons (Fsp3) is 0.636. The zero-order valence-electron chi connectivity index (χ0n) is 9.26. The van der Waals surface area contributed by atoms with Crippen LogP contribution in [0.4, 0.5) is 0 Å². The highest BCUT2D eigenvalue weighted by Crippen LogP contribution is 2.36. The second-order valence-corrected chi connectivity index (χ2v) is 5.18. The minimum Gasteiger partial charge on any atom is -0.486 e. The third kappa shape index (κ3) is 1.79. The molecule has 0 aliphatic carbocycles. The van der Waals surface area contributed by atoms with E-state index >= 15 is 0 Å². The monoisotopic (exact) mass is 242 g/mol. The molecule has 3 rings (SSSR count). The summed E-state index contributed by atoms with van der Waals surface area (Å²) in [6.07, 6.45) is -0.105. The predicted octanol–water partition coefficient (Wildman–Crippen LogP) is 2.04. The molecular formula is C11H14O4S. The molecule has 0 bridgehead atoms. The molecule has 0 amide bonds. The summed E-state index contributed by atoms with van der Waals surface area (Å²) in [6, 6.07) is 0. The first-order valence-electron chi connectivity index (χ1n) is 5.31. The van der Waals surface area contributed by atoms with E-state index < -0.39 is 5.79 Å². The lowest BCUT2D eigenvalue weighted by Crippen LogP contribution is -2.35. The molecule has 0 spiro atoms. The highest BCUT2D eigenvalue weighted by molar-refractivity contribution is 7.08. The molecule has 0 N–H and O–H groups in total. The molecule has 3 heterocycles. The number of fused-ring (bicyclic) bond motifs is 2. The van der Waals surface area contributed by atoms with E-state index in [0.29, 0.717) is 13.2 Å². The first-order chi connectivity index (χ1) is 7.64. The smallest absolute Gasteiger partial charge is 0.172 e. The Morgan fingerprint density at radius 2 is 1.56 bits per heavy atom. The molecule has 1 saturated heterocycles. The molecule has 88 valence electrons. The van der Waals surface area contributed by atoms with E-state index in [1.54, 1.807) is 11.3 Å². The molecular weight excluding hydrogens is 228 g/mol. The van der Waals surface area contributed by atoms with Gasteiger partial charge in [0.05, 0.1) is 0 Å². The van der Waals surface area contributed by atoms with Crippen LogP contribution in [0.1, 0.15) is 13.8 Å². The minimum atomic E-state index is -0.543. The van der Waals surface area contributed by atoms with Crippen molar-refractivity contribution in [3.63, 3.8) is 0 Å². The Morgan fingerprint density at radius 1 is 1.06 bits per heavy atom. The number of ether oxygens (including phenoxy) is 4. The van der Waals surface area contributed by atoms with E-state index in [-0.39, 0.29) is 12.2 Å². The Morgan fingerprint density at radius 3 is 2.06 bits per heavy atom. The van der Waals surface area contributed by atoms with Crippen molar-refractivity contribution in [1.29, 1.82) is 0 Å². The molecule has 1 fully saturated rings. The standard InChI is InChI=1S/C11H14O4S/c1-11(2)14-7-3-12-9-5-16-6-10(9)13-4-8(7)15-11/h5-8H,3-4H2,1-2H3/t7-,8-/m1/s1. The van der Waals surface area contributed by atoms with Crippen molar-refractivity contribution in [2.45, 2.75) is 31.8 Å². The van der Waals surface area contributed by atoms with E-state index in [2.05, 4.69) is 0 Å². The lowest BCUT2D eigenvalue weighted by Gasteiger charge is -2.21. The Labute approximate surface area is 98.1 Å². The van der Waals surface area contributed by atoms with Crippen LogP contribution in [0.25, 0.3) is 0 Å². The Hall–Kier alpha value is -0.780. The Bertz CT molecular complexity index is 355. The Kier molecular flexibility index (Phi) is 2.34. The molecule has 0 unspecified atom stereocenters. The van der Waals surface area contributed by atoms with Gasteiger partial charge < -0.3 is 18.9 Å². The van der Waals surface area contributed by atoms with Crippen LogP contribution < -0.4 is 9.47 Å². The number of rotatable bonds is 0. The predicted molar refractivity (Wildman–Crippen MR) is 59.1 cm³/mol. The fourth-order valence-electron chi connectivity index (χ4n) is 2.02. The zero-order chi connectivity index (χ0) is 11.2. The molecule has 0 aromatic carbocycles. The van der Waals surface area contributed by atoms with Crippen LogP contribution in [0, 0.1) is 0 Å². The second-order valence-electron chi connectivity index (χ2n) is 4.43. The van der Waals surface area contributed by atoms with E-state index in [1.807, 2.05) is 24.6 Å². The molecule has 1 aromatic heterocycles. The Balaban J connectivity index is 1.79. The largest absolute Gasteiger partial charge is 0.486 e. The number of hydrogen-bond acceptors (Lipinski definition) is 5. The molecule has 2 atom stereocenters. The quantitative estimate of drug-likeness (QED) is 0.697. The summed E-state index contributed by atoms with van der Waals surface area (Å²) in [7, 11) is 0. The van der Waals surface area contributed by atoms with Crippen molar-refractivity contribution in [2.75, 3.05) is 13.2 Å². The van der Waals surface area contributed by atoms with Gasteiger partial charge in [-0.1, -0.05) is 0 Å². The minimum absolute atomic E-state index is 0.0527. The van der Waals surface area contributed by atoms with E-state index in [9.17, 15) is 0 Å².